The molecule has 0 unspecified atom stereocenters. The molecule has 1 aromatic carbocycles. The summed E-state index contributed by atoms with van der Waals surface area (Å²) >= 11 is 11.8. The van der Waals surface area contributed by atoms with E-state index in [0.29, 0.717) is 16.1 Å². The number of nitrogens with zero attached hydrogens (tertiary/aromatic N) is 1. The van der Waals surface area contributed by atoms with Crippen LogP contribution in [0.1, 0.15) is 37.7 Å². The molecule has 108 valence electrons. The summed E-state index contributed by atoms with van der Waals surface area (Å²) in [7, 11) is 1.89. The van der Waals surface area contributed by atoms with Crippen LogP contribution in [0.15, 0.2) is 24.3 Å². The molecule has 1 aliphatic carbocycles. The topological polar surface area (TPSA) is 20.3 Å². The third-order valence-corrected chi connectivity index (χ3v) is 4.57. The predicted octanol–water partition coefficient (Wildman–Crippen LogP) is 4.80. The first-order valence-corrected chi connectivity index (χ1v) is 7.73. The van der Waals surface area contributed by atoms with Crippen LogP contribution in [0, 0.1) is 0 Å². The van der Waals surface area contributed by atoms with E-state index in [0.717, 1.165) is 18.4 Å². The molecule has 2 rings (SSSR count). The molecule has 0 radical (unpaired) electrons. The maximum atomic E-state index is 12.1. The van der Waals surface area contributed by atoms with Gasteiger partial charge in [-0.3, -0.25) is 4.79 Å². The number of hydrogen-bond donors (Lipinski definition) is 0. The Morgan fingerprint density at radius 3 is 2.55 bits per heavy atom. The Labute approximate surface area is 130 Å². The second kappa shape index (κ2) is 7.14. The van der Waals surface area contributed by atoms with E-state index in [1.54, 1.807) is 24.3 Å². The lowest BCUT2D eigenvalue weighted by molar-refractivity contribution is -0.127. The maximum Gasteiger partial charge on any atom is 0.246 e. The van der Waals surface area contributed by atoms with Gasteiger partial charge in [0.25, 0.3) is 0 Å². The lowest BCUT2D eigenvalue weighted by Gasteiger charge is -2.30. The molecule has 0 aliphatic heterocycles. The zero-order valence-corrected chi connectivity index (χ0v) is 13.1. The molecule has 1 aromatic rings. The predicted molar refractivity (Wildman–Crippen MR) is 85.1 cm³/mol. The van der Waals surface area contributed by atoms with Gasteiger partial charge in [0.15, 0.2) is 0 Å². The Morgan fingerprint density at radius 1 is 1.20 bits per heavy atom. The van der Waals surface area contributed by atoms with Crippen LogP contribution in [-0.4, -0.2) is 23.9 Å². The summed E-state index contributed by atoms with van der Waals surface area (Å²) in [5.41, 5.74) is 0.879. The van der Waals surface area contributed by atoms with E-state index in [-0.39, 0.29) is 5.91 Å². The van der Waals surface area contributed by atoms with Gasteiger partial charge < -0.3 is 4.90 Å². The molecule has 0 spiro atoms. The van der Waals surface area contributed by atoms with Crippen molar-refractivity contribution in [3.63, 3.8) is 0 Å². The molecule has 2 nitrogen and oxygen atoms in total. The molecule has 0 atom stereocenters. The molecular weight excluding hydrogens is 293 g/mol. The molecule has 1 saturated carbocycles. The van der Waals surface area contributed by atoms with Crippen molar-refractivity contribution in [3.8, 4) is 0 Å². The minimum absolute atomic E-state index is 0.0444. The van der Waals surface area contributed by atoms with Crippen LogP contribution < -0.4 is 0 Å². The SMILES string of the molecule is CN(C(=O)/C=C/c1ccc(Cl)c(Cl)c1)C1CCCCC1. The highest BCUT2D eigenvalue weighted by atomic mass is 35.5. The van der Waals surface area contributed by atoms with Crippen molar-refractivity contribution < 1.29 is 4.79 Å². The van der Waals surface area contributed by atoms with Crippen molar-refractivity contribution in [2.24, 2.45) is 0 Å². The average molecular weight is 312 g/mol. The van der Waals surface area contributed by atoms with Crippen molar-refractivity contribution in [3.05, 3.63) is 39.9 Å². The first-order valence-electron chi connectivity index (χ1n) is 6.98. The van der Waals surface area contributed by atoms with Gasteiger partial charge in [0.2, 0.25) is 5.91 Å². The summed E-state index contributed by atoms with van der Waals surface area (Å²) in [6.07, 6.45) is 9.35. The number of benzene rings is 1. The minimum Gasteiger partial charge on any atom is -0.339 e. The lowest BCUT2D eigenvalue weighted by atomic mass is 9.94. The third-order valence-electron chi connectivity index (χ3n) is 3.83. The first-order chi connectivity index (χ1) is 9.58. The fourth-order valence-corrected chi connectivity index (χ4v) is 2.86. The van der Waals surface area contributed by atoms with Crippen LogP contribution in [0.25, 0.3) is 6.08 Å². The van der Waals surface area contributed by atoms with Gasteiger partial charge in [-0.25, -0.2) is 0 Å². The van der Waals surface area contributed by atoms with Crippen molar-refractivity contribution in [2.75, 3.05) is 7.05 Å². The van der Waals surface area contributed by atoms with Gasteiger partial charge in [0.1, 0.15) is 0 Å². The van der Waals surface area contributed by atoms with Crippen molar-refractivity contribution in [1.29, 1.82) is 0 Å². The second-order valence-electron chi connectivity index (χ2n) is 5.25. The Morgan fingerprint density at radius 2 is 1.90 bits per heavy atom. The van der Waals surface area contributed by atoms with Gasteiger partial charge in [0, 0.05) is 19.2 Å². The van der Waals surface area contributed by atoms with E-state index in [1.807, 2.05) is 18.0 Å². The number of halogens is 2. The Balaban J connectivity index is 1.98. The highest BCUT2D eigenvalue weighted by Gasteiger charge is 2.20. The molecule has 0 heterocycles. The highest BCUT2D eigenvalue weighted by molar-refractivity contribution is 6.42. The maximum absolute atomic E-state index is 12.1. The lowest BCUT2D eigenvalue weighted by Crippen LogP contribution is -2.37. The molecule has 4 heteroatoms. The minimum atomic E-state index is 0.0444. The molecule has 20 heavy (non-hydrogen) atoms. The monoisotopic (exact) mass is 311 g/mol. The number of carbonyl (C=O) groups excluding carboxylic acids is 1. The van der Waals surface area contributed by atoms with E-state index >= 15 is 0 Å². The van der Waals surface area contributed by atoms with Gasteiger partial charge in [-0.15, -0.1) is 0 Å². The number of amides is 1. The zero-order valence-electron chi connectivity index (χ0n) is 11.6. The summed E-state index contributed by atoms with van der Waals surface area (Å²) in [5, 5.41) is 1.02. The summed E-state index contributed by atoms with van der Waals surface area (Å²) < 4.78 is 0. The third kappa shape index (κ3) is 4.00. The smallest absolute Gasteiger partial charge is 0.246 e. The zero-order chi connectivity index (χ0) is 14.5. The highest BCUT2D eigenvalue weighted by Crippen LogP contribution is 2.24. The normalized spacial score (nSPS) is 16.6. The Kier molecular flexibility index (Phi) is 5.50. The van der Waals surface area contributed by atoms with Crippen LogP contribution >= 0.6 is 23.2 Å². The number of hydrogen-bond acceptors (Lipinski definition) is 1. The molecule has 1 fully saturated rings. The van der Waals surface area contributed by atoms with Gasteiger partial charge >= 0.3 is 0 Å². The summed E-state index contributed by atoms with van der Waals surface area (Å²) in [5.74, 6) is 0.0444. The fraction of sp³-hybridized carbons (Fsp3) is 0.438. The second-order valence-corrected chi connectivity index (χ2v) is 6.06. The van der Waals surface area contributed by atoms with E-state index in [1.165, 1.54) is 19.3 Å². The van der Waals surface area contributed by atoms with E-state index in [2.05, 4.69) is 0 Å². The van der Waals surface area contributed by atoms with E-state index in [4.69, 9.17) is 23.2 Å². The first kappa shape index (κ1) is 15.4. The summed E-state index contributed by atoms with van der Waals surface area (Å²) in [6, 6.07) is 5.72. The van der Waals surface area contributed by atoms with Gasteiger partial charge in [-0.2, -0.15) is 0 Å². The average Bonchev–Trinajstić information content (AvgIpc) is 2.48. The van der Waals surface area contributed by atoms with Crippen molar-refractivity contribution in [2.45, 2.75) is 38.1 Å². The van der Waals surface area contributed by atoms with Crippen LogP contribution in [0.3, 0.4) is 0 Å². The quantitative estimate of drug-likeness (QED) is 0.734. The van der Waals surface area contributed by atoms with Crippen molar-refractivity contribution in [1.82, 2.24) is 4.90 Å². The van der Waals surface area contributed by atoms with Crippen LogP contribution in [0.5, 0.6) is 0 Å². The fourth-order valence-electron chi connectivity index (χ4n) is 2.55. The molecule has 0 bridgehead atoms. The van der Waals surface area contributed by atoms with Crippen LogP contribution in [0.2, 0.25) is 10.0 Å². The number of likely N-dealkylation sites (N-methyl/N-ethyl adjacent to an activating group) is 1. The molecule has 1 aliphatic rings. The molecule has 1 amide bonds. The molecule has 0 aromatic heterocycles. The van der Waals surface area contributed by atoms with Crippen LogP contribution in [0.4, 0.5) is 0 Å². The molecule has 0 saturated heterocycles. The van der Waals surface area contributed by atoms with Crippen molar-refractivity contribution >= 4 is 35.2 Å². The number of carbonyl (C=O) groups is 1. The standard InChI is InChI=1S/C16H19Cl2NO/c1-19(13-5-3-2-4-6-13)16(20)10-8-12-7-9-14(17)15(18)11-12/h7-11,13H,2-6H2,1H3/b10-8+. The molecular formula is C16H19Cl2NO. The Bertz CT molecular complexity index is 507. The molecule has 0 N–H and O–H groups in total. The summed E-state index contributed by atoms with van der Waals surface area (Å²) in [6.45, 7) is 0. The van der Waals surface area contributed by atoms with Crippen LogP contribution in [-0.2, 0) is 4.79 Å². The Hall–Kier alpha value is -0.990. The van der Waals surface area contributed by atoms with E-state index < -0.39 is 0 Å². The van der Waals surface area contributed by atoms with Gasteiger partial charge in [0.05, 0.1) is 10.0 Å². The number of rotatable bonds is 3. The van der Waals surface area contributed by atoms with Gasteiger partial charge in [-0.05, 0) is 36.6 Å². The summed E-state index contributed by atoms with van der Waals surface area (Å²) in [4.78, 5) is 14.0. The van der Waals surface area contributed by atoms with E-state index in [9.17, 15) is 4.79 Å². The largest absolute Gasteiger partial charge is 0.339 e. The van der Waals surface area contributed by atoms with Gasteiger partial charge in [-0.1, -0.05) is 48.5 Å².